The summed E-state index contributed by atoms with van der Waals surface area (Å²) in [5.74, 6) is 0.609. The second-order valence-electron chi connectivity index (χ2n) is 6.78. The van der Waals surface area contributed by atoms with E-state index in [0.717, 1.165) is 12.2 Å². The van der Waals surface area contributed by atoms with Crippen LogP contribution in [0.15, 0.2) is 30.3 Å². The summed E-state index contributed by atoms with van der Waals surface area (Å²) >= 11 is 0. The fourth-order valence-electron chi connectivity index (χ4n) is 2.56. The van der Waals surface area contributed by atoms with E-state index >= 15 is 0 Å². The van der Waals surface area contributed by atoms with Crippen molar-refractivity contribution in [2.24, 2.45) is 0 Å². The van der Waals surface area contributed by atoms with Gasteiger partial charge in [0.05, 0.1) is 6.54 Å². The standard InChI is InChI=1S/C18H26N2O4/c1-18(2,3)24-17(22)20-12-7-10-15(20)16(21)19-11-13-23-14-8-5-4-6-9-14/h4-6,8-9,15H,7,10-13H2,1-3H3,(H,19,21). The number of likely N-dealkylation sites (tertiary alicyclic amines) is 1. The number of rotatable bonds is 5. The van der Waals surface area contributed by atoms with Crippen LogP contribution in [-0.2, 0) is 9.53 Å². The molecule has 2 rings (SSSR count). The van der Waals surface area contributed by atoms with Crippen molar-refractivity contribution in [3.8, 4) is 5.75 Å². The van der Waals surface area contributed by atoms with Gasteiger partial charge in [0.1, 0.15) is 24.0 Å². The van der Waals surface area contributed by atoms with Gasteiger partial charge in [0.15, 0.2) is 0 Å². The van der Waals surface area contributed by atoms with E-state index in [9.17, 15) is 9.59 Å². The molecule has 1 fully saturated rings. The van der Waals surface area contributed by atoms with Crippen molar-refractivity contribution in [2.75, 3.05) is 19.7 Å². The topological polar surface area (TPSA) is 67.9 Å². The molecule has 6 heteroatoms. The number of amides is 2. The fourth-order valence-corrected chi connectivity index (χ4v) is 2.56. The lowest BCUT2D eigenvalue weighted by Gasteiger charge is -2.28. The molecule has 24 heavy (non-hydrogen) atoms. The molecular weight excluding hydrogens is 308 g/mol. The molecule has 1 aromatic rings. The first kappa shape index (κ1) is 18.1. The van der Waals surface area contributed by atoms with Crippen molar-refractivity contribution in [3.05, 3.63) is 30.3 Å². The van der Waals surface area contributed by atoms with Crippen LogP contribution in [0.1, 0.15) is 33.6 Å². The Hall–Kier alpha value is -2.24. The minimum atomic E-state index is -0.565. The molecule has 0 aliphatic carbocycles. The van der Waals surface area contributed by atoms with Crippen LogP contribution < -0.4 is 10.1 Å². The molecule has 0 saturated carbocycles. The highest BCUT2D eigenvalue weighted by molar-refractivity contribution is 5.86. The number of para-hydroxylation sites is 1. The lowest BCUT2D eigenvalue weighted by atomic mass is 10.2. The second kappa shape index (κ2) is 8.04. The fraction of sp³-hybridized carbons (Fsp3) is 0.556. The molecule has 2 amide bonds. The average molecular weight is 334 g/mol. The third-order valence-electron chi connectivity index (χ3n) is 3.60. The molecule has 1 N–H and O–H groups in total. The summed E-state index contributed by atoms with van der Waals surface area (Å²) in [7, 11) is 0. The monoisotopic (exact) mass is 334 g/mol. The summed E-state index contributed by atoms with van der Waals surface area (Å²) < 4.78 is 10.9. The second-order valence-corrected chi connectivity index (χ2v) is 6.78. The first-order valence-electron chi connectivity index (χ1n) is 8.32. The Morgan fingerprint density at radius 2 is 1.96 bits per heavy atom. The molecule has 1 atom stereocenters. The number of nitrogens with zero attached hydrogens (tertiary/aromatic N) is 1. The molecule has 0 spiro atoms. The molecule has 132 valence electrons. The summed E-state index contributed by atoms with van der Waals surface area (Å²) in [6, 6.07) is 8.97. The van der Waals surface area contributed by atoms with Crippen molar-refractivity contribution >= 4 is 12.0 Å². The van der Waals surface area contributed by atoms with Crippen molar-refractivity contribution in [1.82, 2.24) is 10.2 Å². The summed E-state index contributed by atoms with van der Waals surface area (Å²) in [6.07, 6.45) is 1.03. The molecule has 0 bridgehead atoms. The van der Waals surface area contributed by atoms with Gasteiger partial charge in [0, 0.05) is 6.54 Å². The number of ether oxygens (including phenoxy) is 2. The smallest absolute Gasteiger partial charge is 0.410 e. The lowest BCUT2D eigenvalue weighted by Crippen LogP contribution is -2.48. The van der Waals surface area contributed by atoms with Crippen molar-refractivity contribution in [1.29, 1.82) is 0 Å². The first-order valence-corrected chi connectivity index (χ1v) is 8.32. The van der Waals surface area contributed by atoms with Crippen LogP contribution >= 0.6 is 0 Å². The Balaban J connectivity index is 1.77. The maximum Gasteiger partial charge on any atom is 0.410 e. The van der Waals surface area contributed by atoms with E-state index in [1.165, 1.54) is 4.90 Å². The van der Waals surface area contributed by atoms with Crippen LogP contribution in [-0.4, -0.2) is 48.2 Å². The largest absolute Gasteiger partial charge is 0.492 e. The summed E-state index contributed by atoms with van der Waals surface area (Å²) in [6.45, 7) is 6.78. The van der Waals surface area contributed by atoms with Crippen LogP contribution in [0.5, 0.6) is 5.75 Å². The van der Waals surface area contributed by atoms with Crippen LogP contribution in [0.4, 0.5) is 4.79 Å². The van der Waals surface area contributed by atoms with Crippen molar-refractivity contribution in [2.45, 2.75) is 45.3 Å². The Kier molecular flexibility index (Phi) is 6.06. The normalized spacial score (nSPS) is 17.5. The number of hydrogen-bond acceptors (Lipinski definition) is 4. The van der Waals surface area contributed by atoms with Crippen LogP contribution in [0.3, 0.4) is 0 Å². The number of carbonyl (C=O) groups is 2. The Labute approximate surface area is 143 Å². The molecule has 1 unspecified atom stereocenters. The van der Waals surface area contributed by atoms with E-state index in [2.05, 4.69) is 5.32 Å². The quantitative estimate of drug-likeness (QED) is 0.841. The highest BCUT2D eigenvalue weighted by Crippen LogP contribution is 2.20. The zero-order valence-electron chi connectivity index (χ0n) is 14.6. The minimum Gasteiger partial charge on any atom is -0.492 e. The Morgan fingerprint density at radius 3 is 2.62 bits per heavy atom. The lowest BCUT2D eigenvalue weighted by molar-refractivity contribution is -0.125. The third-order valence-corrected chi connectivity index (χ3v) is 3.60. The number of benzene rings is 1. The van der Waals surface area contributed by atoms with Crippen molar-refractivity contribution < 1.29 is 19.1 Å². The predicted molar refractivity (Wildman–Crippen MR) is 90.9 cm³/mol. The zero-order chi connectivity index (χ0) is 17.6. The maximum absolute atomic E-state index is 12.3. The summed E-state index contributed by atoms with van der Waals surface area (Å²) in [5.41, 5.74) is -0.565. The molecule has 0 radical (unpaired) electrons. The van der Waals surface area contributed by atoms with Gasteiger partial charge >= 0.3 is 6.09 Å². The zero-order valence-corrected chi connectivity index (χ0v) is 14.6. The molecule has 1 aliphatic rings. The average Bonchev–Trinajstić information content (AvgIpc) is 3.00. The van der Waals surface area contributed by atoms with E-state index in [4.69, 9.17) is 9.47 Å². The van der Waals surface area contributed by atoms with Gasteiger partial charge in [-0.05, 0) is 45.7 Å². The summed E-state index contributed by atoms with van der Waals surface area (Å²) in [5, 5.41) is 2.83. The molecule has 1 saturated heterocycles. The van der Waals surface area contributed by atoms with E-state index in [-0.39, 0.29) is 5.91 Å². The first-order chi connectivity index (χ1) is 11.4. The van der Waals surface area contributed by atoms with Gasteiger partial charge in [-0.1, -0.05) is 18.2 Å². The van der Waals surface area contributed by atoms with Gasteiger partial charge in [-0.2, -0.15) is 0 Å². The van der Waals surface area contributed by atoms with Gasteiger partial charge in [-0.15, -0.1) is 0 Å². The molecular formula is C18H26N2O4. The predicted octanol–water partition coefficient (Wildman–Crippen LogP) is 2.58. The van der Waals surface area contributed by atoms with Crippen LogP contribution in [0, 0.1) is 0 Å². The number of hydrogen-bond donors (Lipinski definition) is 1. The molecule has 1 heterocycles. The highest BCUT2D eigenvalue weighted by atomic mass is 16.6. The number of carbonyl (C=O) groups excluding carboxylic acids is 2. The molecule has 6 nitrogen and oxygen atoms in total. The van der Waals surface area contributed by atoms with E-state index in [1.807, 2.05) is 51.1 Å². The highest BCUT2D eigenvalue weighted by Gasteiger charge is 2.36. The van der Waals surface area contributed by atoms with E-state index in [0.29, 0.717) is 26.1 Å². The maximum atomic E-state index is 12.3. The Morgan fingerprint density at radius 1 is 1.25 bits per heavy atom. The van der Waals surface area contributed by atoms with Crippen LogP contribution in [0.25, 0.3) is 0 Å². The molecule has 0 aromatic heterocycles. The van der Waals surface area contributed by atoms with E-state index in [1.54, 1.807) is 0 Å². The minimum absolute atomic E-state index is 0.157. The van der Waals surface area contributed by atoms with Crippen LogP contribution in [0.2, 0.25) is 0 Å². The number of nitrogens with one attached hydrogen (secondary N) is 1. The third kappa shape index (κ3) is 5.44. The van der Waals surface area contributed by atoms with Gasteiger partial charge in [0.25, 0.3) is 0 Å². The van der Waals surface area contributed by atoms with Gasteiger partial charge in [-0.3, -0.25) is 9.69 Å². The molecule has 1 aromatic carbocycles. The van der Waals surface area contributed by atoms with Gasteiger partial charge < -0.3 is 14.8 Å². The summed E-state index contributed by atoms with van der Waals surface area (Å²) in [4.78, 5) is 26.0. The van der Waals surface area contributed by atoms with Crippen molar-refractivity contribution in [3.63, 3.8) is 0 Å². The molecule has 1 aliphatic heterocycles. The van der Waals surface area contributed by atoms with Gasteiger partial charge in [-0.25, -0.2) is 4.79 Å². The van der Waals surface area contributed by atoms with E-state index < -0.39 is 17.7 Å². The van der Waals surface area contributed by atoms with Gasteiger partial charge in [0.2, 0.25) is 5.91 Å². The SMILES string of the molecule is CC(C)(C)OC(=O)N1CCCC1C(=O)NCCOc1ccccc1. The Bertz CT molecular complexity index is 554.